The van der Waals surface area contributed by atoms with Crippen molar-refractivity contribution in [1.82, 2.24) is 5.32 Å². The monoisotopic (exact) mass is 282 g/mol. The predicted molar refractivity (Wildman–Crippen MR) is 86.3 cm³/mol. The van der Waals surface area contributed by atoms with Gasteiger partial charge in [-0.25, -0.2) is 0 Å². The van der Waals surface area contributed by atoms with Crippen molar-refractivity contribution in [3.8, 4) is 11.8 Å². The Kier molecular flexibility index (Phi) is 6.05. The van der Waals surface area contributed by atoms with E-state index in [4.69, 9.17) is 10.00 Å². The lowest BCUT2D eigenvalue weighted by atomic mass is 10.0. The third kappa shape index (κ3) is 4.21. The van der Waals surface area contributed by atoms with E-state index in [1.807, 2.05) is 0 Å². The lowest BCUT2D eigenvalue weighted by molar-refractivity contribution is 0.304. The van der Waals surface area contributed by atoms with Crippen molar-refractivity contribution in [1.29, 1.82) is 5.26 Å². The van der Waals surface area contributed by atoms with Crippen LogP contribution >= 0.6 is 0 Å². The van der Waals surface area contributed by atoms with Gasteiger partial charge in [0.2, 0.25) is 0 Å². The molecule has 21 heavy (non-hydrogen) atoms. The molecule has 0 aliphatic heterocycles. The van der Waals surface area contributed by atoms with Gasteiger partial charge in [0.25, 0.3) is 0 Å². The number of nitriles is 1. The van der Waals surface area contributed by atoms with Gasteiger partial charge in [-0.05, 0) is 36.2 Å². The fourth-order valence-corrected chi connectivity index (χ4v) is 2.37. The van der Waals surface area contributed by atoms with Gasteiger partial charge in [0.15, 0.2) is 0 Å². The highest BCUT2D eigenvalue weighted by Gasteiger charge is 2.08. The highest BCUT2D eigenvalue weighted by atomic mass is 16.5. The largest absolute Gasteiger partial charge is 0.493 e. The van der Waals surface area contributed by atoms with Crippen molar-refractivity contribution in [3.63, 3.8) is 0 Å². The average Bonchev–Trinajstić information content (AvgIpc) is 2.53. The summed E-state index contributed by atoms with van der Waals surface area (Å²) in [5, 5.41) is 14.4. The molecule has 0 aliphatic rings. The van der Waals surface area contributed by atoms with Gasteiger partial charge in [-0.1, -0.05) is 37.3 Å². The zero-order valence-corrected chi connectivity index (χ0v) is 12.6. The van der Waals surface area contributed by atoms with Gasteiger partial charge in [-0.15, -0.1) is 0 Å². The van der Waals surface area contributed by atoms with Gasteiger partial charge in [-0.2, -0.15) is 5.26 Å². The molecular formula is C18H22N2O. The zero-order chi connectivity index (χ0) is 14.9. The van der Waals surface area contributed by atoms with E-state index >= 15 is 0 Å². The van der Waals surface area contributed by atoms with Crippen molar-refractivity contribution in [2.24, 2.45) is 0 Å². The fraction of sp³-hybridized carbons (Fsp3) is 0.389. The van der Waals surface area contributed by atoms with Crippen molar-refractivity contribution < 1.29 is 4.74 Å². The van der Waals surface area contributed by atoms with E-state index in [0.717, 1.165) is 31.7 Å². The molecule has 0 spiro atoms. The Hall–Kier alpha value is -2.05. The van der Waals surface area contributed by atoms with Gasteiger partial charge in [-0.3, -0.25) is 0 Å². The summed E-state index contributed by atoms with van der Waals surface area (Å²) < 4.78 is 5.94. The number of hydrogen-bond donors (Lipinski definition) is 1. The second-order valence-corrected chi connectivity index (χ2v) is 5.01. The molecule has 3 nitrogen and oxygen atoms in total. The summed E-state index contributed by atoms with van der Waals surface area (Å²) in [5.74, 6) is 0.951. The summed E-state index contributed by atoms with van der Waals surface area (Å²) in [6.07, 6.45) is 2.42. The topological polar surface area (TPSA) is 45.0 Å². The molecule has 0 aliphatic carbocycles. The standard InChI is InChI=1S/C18H22N2O/c1-2-20-14-17-16-9-5-4-8-15(16)10-11-18(17)21-13-7-3-6-12-19/h4-5,8-11,20H,2-3,6-7,13-14H2,1H3. The van der Waals surface area contributed by atoms with E-state index in [1.54, 1.807) is 0 Å². The van der Waals surface area contributed by atoms with Gasteiger partial charge in [0.1, 0.15) is 5.75 Å². The quantitative estimate of drug-likeness (QED) is 0.744. The van der Waals surface area contributed by atoms with E-state index in [-0.39, 0.29) is 0 Å². The first kappa shape index (κ1) is 15.3. The van der Waals surface area contributed by atoms with Crippen LogP contribution in [0.3, 0.4) is 0 Å². The third-order valence-electron chi connectivity index (χ3n) is 3.49. The number of rotatable bonds is 8. The molecule has 2 aromatic rings. The summed E-state index contributed by atoms with van der Waals surface area (Å²) in [6.45, 7) is 4.52. The normalized spacial score (nSPS) is 10.5. The van der Waals surface area contributed by atoms with E-state index in [9.17, 15) is 0 Å². The predicted octanol–water partition coefficient (Wildman–Crippen LogP) is 4.02. The maximum atomic E-state index is 8.54. The van der Waals surface area contributed by atoms with E-state index < -0.39 is 0 Å². The van der Waals surface area contributed by atoms with Gasteiger partial charge in [0, 0.05) is 18.5 Å². The fourth-order valence-electron chi connectivity index (χ4n) is 2.37. The molecule has 0 saturated heterocycles. The number of nitrogens with one attached hydrogen (secondary N) is 1. The Balaban J connectivity index is 2.15. The Morgan fingerprint density at radius 2 is 2.00 bits per heavy atom. The summed E-state index contributed by atoms with van der Waals surface area (Å²) in [4.78, 5) is 0. The van der Waals surface area contributed by atoms with Crippen molar-refractivity contribution >= 4 is 10.8 Å². The van der Waals surface area contributed by atoms with Crippen LogP contribution in [0.4, 0.5) is 0 Å². The third-order valence-corrected chi connectivity index (χ3v) is 3.49. The van der Waals surface area contributed by atoms with Gasteiger partial charge in [0.05, 0.1) is 12.7 Å². The lowest BCUT2D eigenvalue weighted by Gasteiger charge is -2.14. The Morgan fingerprint density at radius 3 is 2.81 bits per heavy atom. The first-order valence-electron chi connectivity index (χ1n) is 7.58. The van der Waals surface area contributed by atoms with Crippen LogP contribution in [-0.2, 0) is 6.54 Å². The summed E-state index contributed by atoms with van der Waals surface area (Å²) >= 11 is 0. The minimum atomic E-state index is 0.603. The Labute approximate surface area is 126 Å². The number of fused-ring (bicyclic) bond motifs is 1. The molecule has 2 rings (SSSR count). The molecule has 1 N–H and O–H groups in total. The number of nitrogens with zero attached hydrogens (tertiary/aromatic N) is 1. The van der Waals surface area contributed by atoms with Crippen LogP contribution in [-0.4, -0.2) is 13.2 Å². The summed E-state index contributed by atoms with van der Waals surface area (Å²) in [7, 11) is 0. The van der Waals surface area contributed by atoms with Crippen LogP contribution < -0.4 is 10.1 Å². The number of ether oxygens (including phenoxy) is 1. The summed E-state index contributed by atoms with van der Waals surface area (Å²) in [6, 6.07) is 14.7. The molecular weight excluding hydrogens is 260 g/mol. The van der Waals surface area contributed by atoms with Crippen LogP contribution in [0.15, 0.2) is 36.4 Å². The molecule has 0 heterocycles. The maximum absolute atomic E-state index is 8.54. The summed E-state index contributed by atoms with van der Waals surface area (Å²) in [5.41, 5.74) is 1.22. The molecule has 0 amide bonds. The van der Waals surface area contributed by atoms with Crippen LogP contribution in [0, 0.1) is 11.3 Å². The first-order valence-corrected chi connectivity index (χ1v) is 7.58. The maximum Gasteiger partial charge on any atom is 0.124 e. The Morgan fingerprint density at radius 1 is 1.14 bits per heavy atom. The van der Waals surface area contributed by atoms with Crippen LogP contribution in [0.5, 0.6) is 5.75 Å². The van der Waals surface area contributed by atoms with E-state index in [1.165, 1.54) is 16.3 Å². The van der Waals surface area contributed by atoms with E-state index in [2.05, 4.69) is 54.7 Å². The second kappa shape index (κ2) is 8.28. The minimum absolute atomic E-state index is 0.603. The van der Waals surface area contributed by atoms with Crippen LogP contribution in [0.2, 0.25) is 0 Å². The van der Waals surface area contributed by atoms with Crippen molar-refractivity contribution in [2.75, 3.05) is 13.2 Å². The van der Waals surface area contributed by atoms with Crippen LogP contribution in [0.1, 0.15) is 31.7 Å². The van der Waals surface area contributed by atoms with Crippen molar-refractivity contribution in [2.45, 2.75) is 32.7 Å². The second-order valence-electron chi connectivity index (χ2n) is 5.01. The molecule has 0 saturated carbocycles. The minimum Gasteiger partial charge on any atom is -0.493 e. The zero-order valence-electron chi connectivity index (χ0n) is 12.6. The van der Waals surface area contributed by atoms with Crippen LogP contribution in [0.25, 0.3) is 10.8 Å². The molecule has 0 radical (unpaired) electrons. The Bertz CT molecular complexity index is 616. The molecule has 0 unspecified atom stereocenters. The number of hydrogen-bond acceptors (Lipinski definition) is 3. The molecule has 0 bridgehead atoms. The molecule has 110 valence electrons. The lowest BCUT2D eigenvalue weighted by Crippen LogP contribution is -2.13. The van der Waals surface area contributed by atoms with Gasteiger partial charge < -0.3 is 10.1 Å². The molecule has 3 heteroatoms. The number of benzene rings is 2. The number of unbranched alkanes of at least 4 members (excludes halogenated alkanes) is 2. The molecule has 0 fully saturated rings. The first-order chi connectivity index (χ1) is 10.4. The van der Waals surface area contributed by atoms with Crippen molar-refractivity contribution in [3.05, 3.63) is 42.0 Å². The van der Waals surface area contributed by atoms with E-state index in [0.29, 0.717) is 13.0 Å². The molecule has 0 aromatic heterocycles. The molecule has 0 atom stereocenters. The highest BCUT2D eigenvalue weighted by Crippen LogP contribution is 2.28. The smallest absolute Gasteiger partial charge is 0.124 e. The average molecular weight is 282 g/mol. The van der Waals surface area contributed by atoms with Gasteiger partial charge >= 0.3 is 0 Å². The molecule has 2 aromatic carbocycles. The SMILES string of the molecule is CCNCc1c(OCCCCC#N)ccc2ccccc12. The highest BCUT2D eigenvalue weighted by molar-refractivity contribution is 5.87.